The summed E-state index contributed by atoms with van der Waals surface area (Å²) in [4.78, 5) is 12.6. The predicted octanol–water partition coefficient (Wildman–Crippen LogP) is 0.783. The van der Waals surface area contributed by atoms with Crippen LogP contribution in [0.1, 0.15) is 19.5 Å². The third kappa shape index (κ3) is 2.33. The number of carbonyl (C=O) groups excluding carboxylic acids is 1. The Morgan fingerprint density at radius 2 is 2.50 bits per heavy atom. The van der Waals surface area contributed by atoms with Crippen LogP contribution in [0.3, 0.4) is 0 Å². The van der Waals surface area contributed by atoms with E-state index in [1.54, 1.807) is 0 Å². The third-order valence-corrected chi connectivity index (χ3v) is 4.24. The molecule has 3 rings (SSSR count). The number of anilines is 1. The predicted molar refractivity (Wildman–Crippen MR) is 75.4 cm³/mol. The maximum atomic E-state index is 12.6. The van der Waals surface area contributed by atoms with E-state index < -0.39 is 5.41 Å². The summed E-state index contributed by atoms with van der Waals surface area (Å²) in [5.41, 5.74) is 0.633. The van der Waals surface area contributed by atoms with Gasteiger partial charge < -0.3 is 15.4 Å². The molecule has 1 aromatic rings. The number of hydrogen-bond acceptors (Lipinski definition) is 4. The molecule has 2 saturated heterocycles. The lowest BCUT2D eigenvalue weighted by Crippen LogP contribution is -2.42. The zero-order valence-corrected chi connectivity index (χ0v) is 12.0. The monoisotopic (exact) mass is 278 g/mol. The Bertz CT molecular complexity index is 487. The van der Waals surface area contributed by atoms with Crippen molar-refractivity contribution in [2.45, 2.75) is 20.3 Å². The molecule has 1 aromatic heterocycles. The van der Waals surface area contributed by atoms with Crippen LogP contribution in [0, 0.1) is 17.3 Å². The van der Waals surface area contributed by atoms with Crippen molar-refractivity contribution >= 4 is 11.7 Å². The van der Waals surface area contributed by atoms with E-state index in [1.165, 1.54) is 0 Å². The lowest BCUT2D eigenvalue weighted by atomic mass is 9.80. The van der Waals surface area contributed by atoms with Gasteiger partial charge in [-0.2, -0.15) is 5.10 Å². The molecule has 0 aliphatic carbocycles. The second kappa shape index (κ2) is 5.18. The second-order valence-corrected chi connectivity index (χ2v) is 6.33. The fourth-order valence-corrected chi connectivity index (χ4v) is 3.12. The van der Waals surface area contributed by atoms with E-state index in [1.807, 2.05) is 6.07 Å². The van der Waals surface area contributed by atoms with Crippen molar-refractivity contribution in [1.82, 2.24) is 15.5 Å². The van der Waals surface area contributed by atoms with Crippen LogP contribution in [0.25, 0.3) is 0 Å². The van der Waals surface area contributed by atoms with Gasteiger partial charge in [0.2, 0.25) is 5.91 Å². The van der Waals surface area contributed by atoms with E-state index in [2.05, 4.69) is 34.7 Å². The van der Waals surface area contributed by atoms with Gasteiger partial charge in [-0.05, 0) is 12.3 Å². The van der Waals surface area contributed by atoms with Crippen molar-refractivity contribution in [1.29, 1.82) is 0 Å². The molecule has 0 aromatic carbocycles. The maximum Gasteiger partial charge on any atom is 0.235 e. The molecule has 2 aliphatic rings. The highest BCUT2D eigenvalue weighted by molar-refractivity contribution is 5.95. The first kappa shape index (κ1) is 13.6. The molecule has 2 aliphatic heterocycles. The summed E-state index contributed by atoms with van der Waals surface area (Å²) in [5.74, 6) is 1.46. The van der Waals surface area contributed by atoms with Crippen LogP contribution in [0.15, 0.2) is 6.07 Å². The van der Waals surface area contributed by atoms with Gasteiger partial charge in [-0.25, -0.2) is 0 Å². The van der Waals surface area contributed by atoms with Gasteiger partial charge in [0.1, 0.15) is 0 Å². The molecule has 6 nitrogen and oxygen atoms in total. The molecule has 6 heteroatoms. The number of rotatable bonds is 4. The van der Waals surface area contributed by atoms with Crippen molar-refractivity contribution in [3.63, 3.8) is 0 Å². The summed E-state index contributed by atoms with van der Waals surface area (Å²) in [5, 5.41) is 13.4. The summed E-state index contributed by atoms with van der Waals surface area (Å²) in [6, 6.07) is 1.92. The zero-order valence-electron chi connectivity index (χ0n) is 12.0. The average molecular weight is 278 g/mol. The van der Waals surface area contributed by atoms with Crippen LogP contribution < -0.4 is 10.6 Å². The SMILES string of the molecule is CC(C)Cc1cc(NC(=O)[C@]23CNC[C@H]2COC3)n[nH]1. The van der Waals surface area contributed by atoms with E-state index >= 15 is 0 Å². The highest BCUT2D eigenvalue weighted by Crippen LogP contribution is 2.38. The normalized spacial score (nSPS) is 28.9. The highest BCUT2D eigenvalue weighted by Gasteiger charge is 2.53. The number of H-pyrrole nitrogens is 1. The summed E-state index contributed by atoms with van der Waals surface area (Å²) in [6.07, 6.45) is 0.932. The van der Waals surface area contributed by atoms with E-state index in [0.29, 0.717) is 31.5 Å². The van der Waals surface area contributed by atoms with Crippen LogP contribution in [0.5, 0.6) is 0 Å². The van der Waals surface area contributed by atoms with Gasteiger partial charge >= 0.3 is 0 Å². The number of amides is 1. The maximum absolute atomic E-state index is 12.6. The van der Waals surface area contributed by atoms with E-state index in [-0.39, 0.29) is 11.8 Å². The molecular formula is C14H22N4O2. The molecule has 110 valence electrons. The molecule has 0 radical (unpaired) electrons. The summed E-state index contributed by atoms with van der Waals surface area (Å²) in [7, 11) is 0. The lowest BCUT2D eigenvalue weighted by molar-refractivity contribution is -0.125. The molecule has 2 fully saturated rings. The minimum Gasteiger partial charge on any atom is -0.380 e. The number of nitrogens with one attached hydrogen (secondary N) is 3. The Morgan fingerprint density at radius 3 is 3.30 bits per heavy atom. The molecular weight excluding hydrogens is 256 g/mol. The Morgan fingerprint density at radius 1 is 1.65 bits per heavy atom. The third-order valence-electron chi connectivity index (χ3n) is 4.24. The molecule has 0 bridgehead atoms. The molecule has 20 heavy (non-hydrogen) atoms. The number of hydrogen-bond donors (Lipinski definition) is 3. The van der Waals surface area contributed by atoms with Gasteiger partial charge in [-0.15, -0.1) is 0 Å². The van der Waals surface area contributed by atoms with Crippen LogP contribution in [0.4, 0.5) is 5.82 Å². The van der Waals surface area contributed by atoms with Crippen molar-refractivity contribution in [2.24, 2.45) is 17.3 Å². The topological polar surface area (TPSA) is 79.0 Å². The smallest absolute Gasteiger partial charge is 0.235 e. The first-order valence-electron chi connectivity index (χ1n) is 7.24. The molecule has 2 atom stereocenters. The minimum atomic E-state index is -0.419. The van der Waals surface area contributed by atoms with Crippen LogP contribution in [-0.2, 0) is 16.0 Å². The van der Waals surface area contributed by atoms with Gasteiger partial charge in [0.25, 0.3) is 0 Å². The minimum absolute atomic E-state index is 0.0209. The highest BCUT2D eigenvalue weighted by atomic mass is 16.5. The second-order valence-electron chi connectivity index (χ2n) is 6.33. The number of fused-ring (bicyclic) bond motifs is 1. The Kier molecular flexibility index (Phi) is 3.52. The molecule has 3 heterocycles. The quantitative estimate of drug-likeness (QED) is 0.760. The molecule has 3 N–H and O–H groups in total. The Balaban J connectivity index is 1.68. The summed E-state index contributed by atoms with van der Waals surface area (Å²) < 4.78 is 5.50. The fourth-order valence-electron chi connectivity index (χ4n) is 3.12. The van der Waals surface area contributed by atoms with E-state index in [4.69, 9.17) is 4.74 Å². The molecule has 0 unspecified atom stereocenters. The van der Waals surface area contributed by atoms with Crippen LogP contribution >= 0.6 is 0 Å². The van der Waals surface area contributed by atoms with Crippen molar-refractivity contribution < 1.29 is 9.53 Å². The standard InChI is InChI=1S/C14H22N4O2/c1-9(2)3-11-4-12(18-17-11)16-13(19)14-7-15-5-10(14)6-20-8-14/h4,9-10,15H,3,5-8H2,1-2H3,(H2,16,17,18,19)/t10-,14-/m0/s1. The Labute approximate surface area is 118 Å². The average Bonchev–Trinajstić information content (AvgIpc) is 3.02. The number of ether oxygens (including phenoxy) is 1. The summed E-state index contributed by atoms with van der Waals surface area (Å²) >= 11 is 0. The molecule has 0 spiro atoms. The first-order valence-corrected chi connectivity index (χ1v) is 7.24. The van der Waals surface area contributed by atoms with Crippen LogP contribution in [-0.4, -0.2) is 42.4 Å². The largest absolute Gasteiger partial charge is 0.380 e. The number of carbonyl (C=O) groups is 1. The van der Waals surface area contributed by atoms with Gasteiger partial charge in [-0.1, -0.05) is 13.8 Å². The van der Waals surface area contributed by atoms with Gasteiger partial charge in [-0.3, -0.25) is 9.89 Å². The summed E-state index contributed by atoms with van der Waals surface area (Å²) in [6.45, 7) is 7.02. The number of aromatic nitrogens is 2. The van der Waals surface area contributed by atoms with Gasteiger partial charge in [0.05, 0.1) is 18.6 Å². The number of nitrogens with zero attached hydrogens (tertiary/aromatic N) is 1. The molecule has 0 saturated carbocycles. The van der Waals surface area contributed by atoms with Crippen molar-refractivity contribution in [3.05, 3.63) is 11.8 Å². The first-order chi connectivity index (χ1) is 9.60. The molecule has 1 amide bonds. The van der Waals surface area contributed by atoms with Gasteiger partial charge in [0, 0.05) is 30.8 Å². The van der Waals surface area contributed by atoms with Crippen LogP contribution in [0.2, 0.25) is 0 Å². The van der Waals surface area contributed by atoms with E-state index in [0.717, 1.165) is 18.7 Å². The Hall–Kier alpha value is -1.40. The van der Waals surface area contributed by atoms with Gasteiger partial charge in [0.15, 0.2) is 5.82 Å². The lowest BCUT2D eigenvalue weighted by Gasteiger charge is -2.24. The van der Waals surface area contributed by atoms with Crippen molar-refractivity contribution in [3.8, 4) is 0 Å². The zero-order chi connectivity index (χ0) is 14.2. The van der Waals surface area contributed by atoms with Crippen molar-refractivity contribution in [2.75, 3.05) is 31.6 Å². The number of aromatic amines is 1. The fraction of sp³-hybridized carbons (Fsp3) is 0.714. The van der Waals surface area contributed by atoms with E-state index in [9.17, 15) is 4.79 Å².